The Labute approximate surface area is 154 Å². The van der Waals surface area contributed by atoms with Crippen LogP contribution in [0.3, 0.4) is 0 Å². The first-order valence-corrected chi connectivity index (χ1v) is 9.69. The third-order valence-corrected chi connectivity index (χ3v) is 6.01. The summed E-state index contributed by atoms with van der Waals surface area (Å²) in [5.74, 6) is 1.57. The largest absolute Gasteiger partial charge is 0.392 e. The molecule has 132 valence electrons. The number of aryl methyl sites for hydroxylation is 2. The second kappa shape index (κ2) is 6.03. The lowest BCUT2D eigenvalue weighted by Crippen LogP contribution is -2.18. The molecule has 1 aliphatic carbocycles. The number of aliphatic hydroxyl groups is 1. The molecule has 0 aliphatic heterocycles. The van der Waals surface area contributed by atoms with Crippen LogP contribution < -0.4 is 5.32 Å². The molecule has 0 spiro atoms. The normalized spacial score (nSPS) is 14.8. The molecule has 1 aromatic carbocycles. The highest BCUT2D eigenvalue weighted by atomic mass is 32.1. The van der Waals surface area contributed by atoms with Crippen molar-refractivity contribution in [2.75, 3.05) is 11.9 Å². The van der Waals surface area contributed by atoms with Crippen LogP contribution in [-0.2, 0) is 12.8 Å². The monoisotopic (exact) mass is 365 g/mol. The molecular formula is C19H19N5OS. The van der Waals surface area contributed by atoms with Crippen LogP contribution in [0.15, 0.2) is 30.6 Å². The molecule has 4 aromatic rings. The van der Waals surface area contributed by atoms with E-state index in [9.17, 15) is 5.11 Å². The Morgan fingerprint density at radius 1 is 1.27 bits per heavy atom. The predicted octanol–water partition coefficient (Wildman–Crippen LogP) is 3.31. The van der Waals surface area contributed by atoms with Crippen molar-refractivity contribution < 1.29 is 5.11 Å². The second-order valence-corrected chi connectivity index (χ2v) is 7.81. The maximum Gasteiger partial charge on any atom is 0.209 e. The van der Waals surface area contributed by atoms with Gasteiger partial charge in [-0.05, 0) is 43.9 Å². The van der Waals surface area contributed by atoms with Crippen molar-refractivity contribution in [3.63, 3.8) is 0 Å². The Balaban J connectivity index is 1.79. The third-order valence-electron chi connectivity index (χ3n) is 4.81. The van der Waals surface area contributed by atoms with Crippen molar-refractivity contribution in [2.24, 2.45) is 0 Å². The summed E-state index contributed by atoms with van der Waals surface area (Å²) in [6.45, 7) is 2.19. The minimum atomic E-state index is -0.459. The molecule has 3 heterocycles. The van der Waals surface area contributed by atoms with Gasteiger partial charge in [-0.15, -0.1) is 11.3 Å². The lowest BCUT2D eigenvalue weighted by Gasteiger charge is -2.12. The fourth-order valence-electron chi connectivity index (χ4n) is 3.68. The number of nitrogens with zero attached hydrogens (tertiary/aromatic N) is 4. The SMILES string of the molecule is C[C@@H](O)CNc1nc2ccccc2n1-c1ncnc2sc3c(c12)CCC3. The van der Waals surface area contributed by atoms with E-state index in [0.717, 1.165) is 39.9 Å². The summed E-state index contributed by atoms with van der Waals surface area (Å²) in [5, 5.41) is 14.1. The first-order chi connectivity index (χ1) is 12.7. The molecule has 3 aromatic heterocycles. The van der Waals surface area contributed by atoms with Crippen molar-refractivity contribution >= 4 is 38.5 Å². The predicted molar refractivity (Wildman–Crippen MR) is 104 cm³/mol. The van der Waals surface area contributed by atoms with Crippen LogP contribution in [0.4, 0.5) is 5.95 Å². The fraction of sp³-hybridized carbons (Fsp3) is 0.316. The average Bonchev–Trinajstić information content (AvgIpc) is 3.31. The Morgan fingerprint density at radius 2 is 2.15 bits per heavy atom. The molecule has 5 rings (SSSR count). The van der Waals surface area contributed by atoms with Gasteiger partial charge in [0.25, 0.3) is 0 Å². The molecule has 0 fully saturated rings. The minimum absolute atomic E-state index is 0.430. The number of para-hydroxylation sites is 2. The quantitative estimate of drug-likeness (QED) is 0.580. The third kappa shape index (κ3) is 2.39. The number of thiophene rings is 1. The van der Waals surface area contributed by atoms with Crippen molar-refractivity contribution in [1.29, 1.82) is 0 Å². The van der Waals surface area contributed by atoms with Gasteiger partial charge in [0.15, 0.2) is 5.82 Å². The number of fused-ring (bicyclic) bond motifs is 4. The summed E-state index contributed by atoms with van der Waals surface area (Å²) in [5.41, 5.74) is 3.29. The highest BCUT2D eigenvalue weighted by Gasteiger charge is 2.24. The fourth-order valence-corrected chi connectivity index (χ4v) is 4.90. The van der Waals surface area contributed by atoms with Gasteiger partial charge in [0.1, 0.15) is 11.2 Å². The molecule has 0 amide bonds. The van der Waals surface area contributed by atoms with Gasteiger partial charge in [-0.1, -0.05) is 12.1 Å². The molecular weight excluding hydrogens is 346 g/mol. The smallest absolute Gasteiger partial charge is 0.209 e. The van der Waals surface area contributed by atoms with Gasteiger partial charge in [0.2, 0.25) is 5.95 Å². The Bertz CT molecular complexity index is 1110. The number of anilines is 1. The number of hydrogen-bond donors (Lipinski definition) is 2. The minimum Gasteiger partial charge on any atom is -0.392 e. The van der Waals surface area contributed by atoms with Crippen LogP contribution in [0.1, 0.15) is 23.8 Å². The van der Waals surface area contributed by atoms with Gasteiger partial charge in [0, 0.05) is 11.4 Å². The van der Waals surface area contributed by atoms with Crippen molar-refractivity contribution in [2.45, 2.75) is 32.3 Å². The van der Waals surface area contributed by atoms with E-state index in [4.69, 9.17) is 4.98 Å². The van der Waals surface area contributed by atoms with Gasteiger partial charge in [-0.3, -0.25) is 4.57 Å². The summed E-state index contributed by atoms with van der Waals surface area (Å²) in [6, 6.07) is 8.04. The van der Waals surface area contributed by atoms with E-state index in [-0.39, 0.29) is 0 Å². The molecule has 7 heteroatoms. The molecule has 1 aliphatic rings. The number of imidazole rings is 1. The van der Waals surface area contributed by atoms with E-state index >= 15 is 0 Å². The first kappa shape index (κ1) is 15.7. The zero-order chi connectivity index (χ0) is 17.7. The van der Waals surface area contributed by atoms with Crippen LogP contribution in [0.2, 0.25) is 0 Å². The number of aliphatic hydroxyl groups excluding tert-OH is 1. The summed E-state index contributed by atoms with van der Waals surface area (Å²) in [6.07, 6.45) is 4.59. The maximum atomic E-state index is 9.69. The van der Waals surface area contributed by atoms with Crippen molar-refractivity contribution in [3.05, 3.63) is 41.0 Å². The van der Waals surface area contributed by atoms with Crippen molar-refractivity contribution in [1.82, 2.24) is 19.5 Å². The van der Waals surface area contributed by atoms with E-state index in [1.165, 1.54) is 16.9 Å². The molecule has 0 saturated carbocycles. The van der Waals surface area contributed by atoms with Crippen molar-refractivity contribution in [3.8, 4) is 5.82 Å². The van der Waals surface area contributed by atoms with Gasteiger partial charge >= 0.3 is 0 Å². The summed E-state index contributed by atoms with van der Waals surface area (Å²) in [7, 11) is 0. The maximum absolute atomic E-state index is 9.69. The number of nitrogens with one attached hydrogen (secondary N) is 1. The molecule has 2 N–H and O–H groups in total. The Hall–Kier alpha value is -2.51. The standard InChI is InChI=1S/C19H19N5OS/c1-11(25)9-20-19-23-13-6-2-3-7-14(13)24(19)17-16-12-5-4-8-15(12)26-18(16)22-10-21-17/h2-3,6-7,10-11,25H,4-5,8-9H2,1H3,(H,20,23)/t11-/m1/s1. The highest BCUT2D eigenvalue weighted by molar-refractivity contribution is 7.19. The molecule has 0 saturated heterocycles. The molecule has 6 nitrogen and oxygen atoms in total. The lowest BCUT2D eigenvalue weighted by atomic mass is 10.2. The number of hydrogen-bond acceptors (Lipinski definition) is 6. The lowest BCUT2D eigenvalue weighted by molar-refractivity contribution is 0.208. The first-order valence-electron chi connectivity index (χ1n) is 8.87. The Morgan fingerprint density at radius 3 is 3.04 bits per heavy atom. The van der Waals surface area contributed by atoms with Crippen LogP contribution in [0.5, 0.6) is 0 Å². The second-order valence-electron chi connectivity index (χ2n) is 6.72. The van der Waals surface area contributed by atoms with E-state index < -0.39 is 6.10 Å². The van der Waals surface area contributed by atoms with Crippen LogP contribution >= 0.6 is 11.3 Å². The molecule has 0 bridgehead atoms. The van der Waals surface area contributed by atoms with Gasteiger partial charge in [-0.25, -0.2) is 15.0 Å². The van der Waals surface area contributed by atoms with Gasteiger partial charge in [-0.2, -0.15) is 0 Å². The summed E-state index contributed by atoms with van der Waals surface area (Å²) >= 11 is 1.78. The van der Waals surface area contributed by atoms with Crippen LogP contribution in [0.25, 0.3) is 27.1 Å². The van der Waals surface area contributed by atoms with Gasteiger partial charge in [0.05, 0.1) is 22.5 Å². The van der Waals surface area contributed by atoms with E-state index in [1.807, 2.05) is 18.2 Å². The molecule has 1 atom stereocenters. The number of benzene rings is 1. The molecule has 26 heavy (non-hydrogen) atoms. The van der Waals surface area contributed by atoms with E-state index in [0.29, 0.717) is 12.5 Å². The van der Waals surface area contributed by atoms with E-state index in [2.05, 4.69) is 25.9 Å². The van der Waals surface area contributed by atoms with Crippen LogP contribution in [0, 0.1) is 0 Å². The van der Waals surface area contributed by atoms with Crippen LogP contribution in [-0.4, -0.2) is 37.3 Å². The average molecular weight is 365 g/mol. The zero-order valence-corrected chi connectivity index (χ0v) is 15.3. The highest BCUT2D eigenvalue weighted by Crippen LogP contribution is 2.39. The number of rotatable bonds is 4. The van der Waals surface area contributed by atoms with Gasteiger partial charge < -0.3 is 10.4 Å². The van der Waals surface area contributed by atoms with E-state index in [1.54, 1.807) is 24.6 Å². The zero-order valence-electron chi connectivity index (χ0n) is 14.4. The Kier molecular flexibility index (Phi) is 3.65. The topological polar surface area (TPSA) is 75.9 Å². The molecule has 0 radical (unpaired) electrons. The summed E-state index contributed by atoms with van der Waals surface area (Å²) in [4.78, 5) is 16.4. The molecule has 0 unspecified atom stereocenters. The number of aromatic nitrogens is 4. The summed E-state index contributed by atoms with van der Waals surface area (Å²) < 4.78 is 2.06.